The van der Waals surface area contributed by atoms with Gasteiger partial charge in [0.25, 0.3) is 8.32 Å². The predicted octanol–water partition coefficient (Wildman–Crippen LogP) is 9.33. The van der Waals surface area contributed by atoms with Crippen molar-refractivity contribution in [1.82, 2.24) is 4.90 Å². The quantitative estimate of drug-likeness (QED) is 0.148. The van der Waals surface area contributed by atoms with E-state index in [9.17, 15) is 13.2 Å². The van der Waals surface area contributed by atoms with Crippen LogP contribution in [0.2, 0.25) is 21.7 Å². The number of rotatable bonds is 11. The molecule has 48 heavy (non-hydrogen) atoms. The fourth-order valence-corrected chi connectivity index (χ4v) is 17.9. The first kappa shape index (κ1) is 38.1. The average Bonchev–Trinajstić information content (AvgIpc) is 3.39. The molecule has 0 unspecified atom stereocenters. The molecule has 3 aromatic rings. The maximum atomic E-state index is 14.9. The SMILES string of the molecule is CC(C)[Si](C#CC[C@]1(CO[Si](c2ccccc2)(c2ccccc2)C(C)(C)C)CN(Cc2ccccc2)[C@@H](C(F)(F)F)O1)(C(C)C)C(C)C. The van der Waals surface area contributed by atoms with Gasteiger partial charge in [-0.1, -0.05) is 153 Å². The Morgan fingerprint density at radius 3 is 1.67 bits per heavy atom. The van der Waals surface area contributed by atoms with Crippen LogP contribution in [0.15, 0.2) is 91.0 Å². The highest BCUT2D eigenvalue weighted by Crippen LogP contribution is 2.43. The van der Waals surface area contributed by atoms with Gasteiger partial charge < -0.3 is 9.16 Å². The molecular formula is C40H54F3NO2Si2. The molecule has 0 aromatic heterocycles. The van der Waals surface area contributed by atoms with Crippen molar-refractivity contribution in [3.8, 4) is 11.5 Å². The molecule has 3 aromatic carbocycles. The lowest BCUT2D eigenvalue weighted by atomic mass is 10.0. The van der Waals surface area contributed by atoms with E-state index in [0.717, 1.165) is 15.9 Å². The summed E-state index contributed by atoms with van der Waals surface area (Å²) >= 11 is 0. The van der Waals surface area contributed by atoms with Crippen molar-refractivity contribution in [2.45, 2.75) is 115 Å². The van der Waals surface area contributed by atoms with Crippen LogP contribution in [0.1, 0.15) is 74.3 Å². The number of benzene rings is 3. The highest BCUT2D eigenvalue weighted by molar-refractivity contribution is 6.99. The molecule has 8 heteroatoms. The Balaban J connectivity index is 1.86. The first-order valence-corrected chi connectivity index (χ1v) is 21.4. The molecule has 0 N–H and O–H groups in total. The van der Waals surface area contributed by atoms with Crippen LogP contribution in [-0.2, 0) is 15.7 Å². The van der Waals surface area contributed by atoms with Crippen LogP contribution < -0.4 is 10.4 Å². The maximum absolute atomic E-state index is 14.9. The van der Waals surface area contributed by atoms with Gasteiger partial charge in [-0.25, -0.2) is 0 Å². The molecule has 0 bridgehead atoms. The molecule has 1 heterocycles. The average molecular weight is 694 g/mol. The van der Waals surface area contributed by atoms with E-state index in [1.54, 1.807) is 0 Å². The zero-order chi connectivity index (χ0) is 35.4. The third-order valence-electron chi connectivity index (χ3n) is 10.2. The summed E-state index contributed by atoms with van der Waals surface area (Å²) in [6.45, 7) is 20.2. The summed E-state index contributed by atoms with van der Waals surface area (Å²) in [7, 11) is -5.22. The van der Waals surface area contributed by atoms with Crippen LogP contribution in [-0.4, -0.2) is 52.4 Å². The van der Waals surface area contributed by atoms with Crippen LogP contribution >= 0.6 is 0 Å². The van der Waals surface area contributed by atoms with E-state index < -0.39 is 34.4 Å². The molecule has 0 saturated carbocycles. The fourth-order valence-electron chi connectivity index (χ4n) is 8.05. The van der Waals surface area contributed by atoms with E-state index in [1.165, 1.54) is 4.90 Å². The van der Waals surface area contributed by atoms with Crippen molar-refractivity contribution in [2.24, 2.45) is 0 Å². The van der Waals surface area contributed by atoms with Gasteiger partial charge in [-0.3, -0.25) is 4.90 Å². The number of ether oxygens (including phenoxy) is 1. The smallest absolute Gasteiger partial charge is 0.404 e. The largest absolute Gasteiger partial charge is 0.428 e. The van der Waals surface area contributed by atoms with Crippen LogP contribution in [0.5, 0.6) is 0 Å². The van der Waals surface area contributed by atoms with Gasteiger partial charge in [-0.05, 0) is 37.6 Å². The van der Waals surface area contributed by atoms with E-state index in [-0.39, 0.29) is 31.2 Å². The van der Waals surface area contributed by atoms with Gasteiger partial charge in [-0.15, -0.1) is 11.5 Å². The summed E-state index contributed by atoms with van der Waals surface area (Å²) in [5.41, 5.74) is 4.47. The number of hydrogen-bond acceptors (Lipinski definition) is 3. The second kappa shape index (κ2) is 15.1. The molecule has 260 valence electrons. The first-order chi connectivity index (χ1) is 22.5. The molecule has 3 nitrogen and oxygen atoms in total. The van der Waals surface area contributed by atoms with Crippen molar-refractivity contribution >= 4 is 26.8 Å². The minimum Gasteiger partial charge on any atom is -0.404 e. The molecule has 0 spiro atoms. The zero-order valence-electron chi connectivity index (χ0n) is 30.2. The summed E-state index contributed by atoms with van der Waals surface area (Å²) in [5.74, 6) is 3.49. The van der Waals surface area contributed by atoms with E-state index >= 15 is 0 Å². The minimum absolute atomic E-state index is 0.00752. The van der Waals surface area contributed by atoms with Gasteiger partial charge in [0.2, 0.25) is 6.23 Å². The Morgan fingerprint density at radius 1 is 0.792 bits per heavy atom. The van der Waals surface area contributed by atoms with Crippen LogP contribution in [0.4, 0.5) is 13.2 Å². The predicted molar refractivity (Wildman–Crippen MR) is 198 cm³/mol. The fraction of sp³-hybridized carbons (Fsp3) is 0.500. The van der Waals surface area contributed by atoms with Crippen LogP contribution in [0.25, 0.3) is 0 Å². The van der Waals surface area contributed by atoms with Crippen molar-refractivity contribution in [1.29, 1.82) is 0 Å². The normalized spacial score (nSPS) is 19.6. The van der Waals surface area contributed by atoms with Gasteiger partial charge in [0, 0.05) is 19.5 Å². The molecular weight excluding hydrogens is 640 g/mol. The Hall–Kier alpha value is -2.68. The summed E-state index contributed by atoms with van der Waals surface area (Å²) in [6.07, 6.45) is -6.50. The lowest BCUT2D eigenvalue weighted by Crippen LogP contribution is -2.67. The van der Waals surface area contributed by atoms with E-state index in [2.05, 4.69) is 98.0 Å². The molecule has 2 atom stereocenters. The summed E-state index contributed by atoms with van der Waals surface area (Å²) in [5, 5.41) is 1.80. The van der Waals surface area contributed by atoms with E-state index in [1.807, 2.05) is 66.7 Å². The monoisotopic (exact) mass is 693 g/mol. The third kappa shape index (κ3) is 7.87. The lowest BCUT2D eigenvalue weighted by Gasteiger charge is -2.44. The van der Waals surface area contributed by atoms with Crippen LogP contribution in [0.3, 0.4) is 0 Å². The molecule has 1 fully saturated rings. The Kier molecular flexibility index (Phi) is 12.0. The third-order valence-corrected chi connectivity index (χ3v) is 21.6. The topological polar surface area (TPSA) is 21.7 Å². The standard InChI is InChI=1S/C40H54F3NO2Si2/c1-31(2)47(32(3)4,33(5)6)27-19-26-39(29-44(37(46-39)40(41,42)43)28-34-20-13-10-14-21-34)30-45-48(38(7,8)9,35-22-15-11-16-23-35)36-24-17-12-18-25-36/h10-18,20-25,31-33,37H,26,28-30H2,1-9H3/t37-,39-/m1/s1. The van der Waals surface area contributed by atoms with Gasteiger partial charge >= 0.3 is 6.18 Å². The molecule has 1 aliphatic heterocycles. The molecule has 0 radical (unpaired) electrons. The Labute approximate surface area is 289 Å². The number of alkyl halides is 3. The second-order valence-corrected chi connectivity index (χ2v) is 25.3. The lowest BCUT2D eigenvalue weighted by molar-refractivity contribution is -0.258. The highest BCUT2D eigenvalue weighted by atomic mass is 28.4. The molecule has 0 aliphatic carbocycles. The van der Waals surface area contributed by atoms with Crippen molar-refractivity contribution < 1.29 is 22.3 Å². The van der Waals surface area contributed by atoms with Gasteiger partial charge in [0.15, 0.2) is 0 Å². The second-order valence-electron chi connectivity index (χ2n) is 15.4. The summed E-state index contributed by atoms with van der Waals surface area (Å²) < 4.78 is 58.1. The zero-order valence-corrected chi connectivity index (χ0v) is 32.2. The highest BCUT2D eigenvalue weighted by Gasteiger charge is 2.58. The molecule has 4 rings (SSSR count). The van der Waals surface area contributed by atoms with Gasteiger partial charge in [0.05, 0.1) is 6.61 Å². The summed E-state index contributed by atoms with van der Waals surface area (Å²) in [6, 6.07) is 29.7. The van der Waals surface area contributed by atoms with Crippen molar-refractivity contribution in [2.75, 3.05) is 13.2 Å². The molecule has 1 aliphatic rings. The first-order valence-electron chi connectivity index (χ1n) is 17.3. The number of halogens is 3. The Bertz CT molecular complexity index is 1450. The van der Waals surface area contributed by atoms with Gasteiger partial charge in [-0.2, -0.15) is 13.2 Å². The Morgan fingerprint density at radius 2 is 1.25 bits per heavy atom. The maximum Gasteiger partial charge on any atom is 0.428 e. The molecule has 0 amide bonds. The molecule has 1 saturated heterocycles. The van der Waals surface area contributed by atoms with Gasteiger partial charge in [0.1, 0.15) is 13.7 Å². The van der Waals surface area contributed by atoms with E-state index in [0.29, 0.717) is 16.6 Å². The van der Waals surface area contributed by atoms with Crippen molar-refractivity contribution in [3.05, 3.63) is 96.6 Å². The minimum atomic E-state index is -4.59. The van der Waals surface area contributed by atoms with Crippen molar-refractivity contribution in [3.63, 3.8) is 0 Å². The number of hydrogen-bond donors (Lipinski definition) is 0. The van der Waals surface area contributed by atoms with Crippen LogP contribution in [0, 0.1) is 11.5 Å². The number of nitrogens with zero attached hydrogens (tertiary/aromatic N) is 1. The van der Waals surface area contributed by atoms with E-state index in [4.69, 9.17) is 9.16 Å². The summed E-state index contributed by atoms with van der Waals surface area (Å²) in [4.78, 5) is 1.42.